The van der Waals surface area contributed by atoms with Crippen molar-refractivity contribution >= 4 is 28.1 Å². The summed E-state index contributed by atoms with van der Waals surface area (Å²) >= 11 is 6.13. The summed E-state index contributed by atoms with van der Waals surface area (Å²) in [6.45, 7) is 0. The molecule has 94 valence electrons. The summed E-state index contributed by atoms with van der Waals surface area (Å²) in [7, 11) is 0. The van der Waals surface area contributed by atoms with Gasteiger partial charge < -0.3 is 10.2 Å². The van der Waals surface area contributed by atoms with Gasteiger partial charge in [0, 0.05) is 11.4 Å². The van der Waals surface area contributed by atoms with Crippen molar-refractivity contribution in [2.75, 3.05) is 0 Å². The minimum atomic E-state index is 0.145. The molecule has 1 atom stereocenters. The summed E-state index contributed by atoms with van der Waals surface area (Å²) in [5, 5.41) is 1.72. The van der Waals surface area contributed by atoms with Gasteiger partial charge in [0.15, 0.2) is 5.58 Å². The minimum absolute atomic E-state index is 0.145. The third-order valence-electron chi connectivity index (χ3n) is 3.46. The lowest BCUT2D eigenvalue weighted by molar-refractivity contribution is 0.594. The molecule has 0 amide bonds. The van der Waals surface area contributed by atoms with E-state index in [0.717, 1.165) is 29.6 Å². The molecule has 1 heterocycles. The van der Waals surface area contributed by atoms with Crippen LogP contribution in [0.2, 0.25) is 5.02 Å². The molecule has 2 nitrogen and oxygen atoms in total. The first-order valence-corrected chi connectivity index (χ1v) is 6.76. The lowest BCUT2D eigenvalue weighted by Crippen LogP contribution is -2.15. The van der Waals surface area contributed by atoms with E-state index in [9.17, 15) is 0 Å². The average molecular weight is 262 g/mol. The van der Waals surface area contributed by atoms with Crippen molar-refractivity contribution in [3.05, 3.63) is 41.1 Å². The summed E-state index contributed by atoms with van der Waals surface area (Å²) in [6.07, 6.45) is 6.58. The molecule has 1 aliphatic rings. The van der Waals surface area contributed by atoms with Crippen LogP contribution in [0.15, 0.2) is 34.8 Å². The fraction of sp³-hybridized carbons (Fsp3) is 0.333. The first-order valence-electron chi connectivity index (χ1n) is 6.39. The van der Waals surface area contributed by atoms with Gasteiger partial charge in [0.25, 0.3) is 0 Å². The fourth-order valence-electron chi connectivity index (χ4n) is 2.51. The van der Waals surface area contributed by atoms with Crippen LogP contribution >= 0.6 is 11.6 Å². The maximum Gasteiger partial charge on any atom is 0.153 e. The van der Waals surface area contributed by atoms with Crippen LogP contribution in [0.1, 0.15) is 31.4 Å². The molecule has 0 bridgehead atoms. The molecule has 0 fully saturated rings. The monoisotopic (exact) mass is 261 g/mol. The Balaban J connectivity index is 2.06. The third kappa shape index (κ3) is 2.18. The number of rotatable bonds is 1. The molecule has 3 heteroatoms. The van der Waals surface area contributed by atoms with Gasteiger partial charge in [0.2, 0.25) is 0 Å². The number of nitrogens with two attached hydrogens (primary N) is 1. The molecule has 0 saturated carbocycles. The number of furan rings is 1. The van der Waals surface area contributed by atoms with Crippen LogP contribution < -0.4 is 5.73 Å². The Labute approximate surface area is 111 Å². The smallest absolute Gasteiger partial charge is 0.153 e. The van der Waals surface area contributed by atoms with Crippen LogP contribution in [0.3, 0.4) is 0 Å². The topological polar surface area (TPSA) is 39.2 Å². The van der Waals surface area contributed by atoms with E-state index in [-0.39, 0.29) is 6.04 Å². The number of para-hydroxylation sites is 1. The Morgan fingerprint density at radius 1 is 1.28 bits per heavy atom. The minimum Gasteiger partial charge on any atom is -0.455 e. The van der Waals surface area contributed by atoms with E-state index >= 15 is 0 Å². The highest BCUT2D eigenvalue weighted by molar-refractivity contribution is 6.34. The highest BCUT2D eigenvalue weighted by atomic mass is 35.5. The molecule has 0 aliphatic heterocycles. The lowest BCUT2D eigenvalue weighted by atomic mass is 10.1. The van der Waals surface area contributed by atoms with Gasteiger partial charge in [-0.1, -0.05) is 36.2 Å². The van der Waals surface area contributed by atoms with E-state index in [2.05, 4.69) is 12.1 Å². The molecule has 0 radical (unpaired) electrons. The molecule has 0 saturated heterocycles. The van der Waals surface area contributed by atoms with Gasteiger partial charge in [-0.2, -0.15) is 0 Å². The summed E-state index contributed by atoms with van der Waals surface area (Å²) in [5.41, 5.74) is 8.03. The molecule has 1 aromatic carbocycles. The standard InChI is InChI=1S/C15H16ClNO/c16-13-7-3-5-11-9-14(18-15(11)13)10-4-1-2-6-12(17)8-10/h3,5,7-9,12H,1-2,4,6,17H2. The Hall–Kier alpha value is -1.25. The van der Waals surface area contributed by atoms with Gasteiger partial charge in [-0.25, -0.2) is 0 Å². The van der Waals surface area contributed by atoms with Crippen molar-refractivity contribution in [3.8, 4) is 0 Å². The number of hydrogen-bond donors (Lipinski definition) is 1. The molecule has 0 spiro atoms. The predicted molar refractivity (Wildman–Crippen MR) is 75.6 cm³/mol. The zero-order chi connectivity index (χ0) is 12.5. The van der Waals surface area contributed by atoms with Crippen LogP contribution in [0.25, 0.3) is 16.5 Å². The Kier molecular flexibility index (Phi) is 3.14. The van der Waals surface area contributed by atoms with Gasteiger partial charge in [0.05, 0.1) is 5.02 Å². The largest absolute Gasteiger partial charge is 0.455 e. The number of fused-ring (bicyclic) bond motifs is 1. The van der Waals surface area contributed by atoms with Crippen LogP contribution in [-0.4, -0.2) is 6.04 Å². The predicted octanol–water partition coefficient (Wildman–Crippen LogP) is 4.37. The van der Waals surface area contributed by atoms with Crippen molar-refractivity contribution in [1.29, 1.82) is 0 Å². The normalized spacial score (nSPS) is 20.8. The molecule has 2 aromatic rings. The number of allylic oxidation sites excluding steroid dienone is 1. The molecule has 2 N–H and O–H groups in total. The zero-order valence-corrected chi connectivity index (χ0v) is 10.9. The van der Waals surface area contributed by atoms with Crippen molar-refractivity contribution < 1.29 is 4.42 Å². The van der Waals surface area contributed by atoms with Crippen molar-refractivity contribution in [2.45, 2.75) is 31.7 Å². The van der Waals surface area contributed by atoms with Gasteiger partial charge in [0.1, 0.15) is 5.76 Å². The van der Waals surface area contributed by atoms with Crippen molar-refractivity contribution in [1.82, 2.24) is 0 Å². The second-order valence-electron chi connectivity index (χ2n) is 4.87. The van der Waals surface area contributed by atoms with Crippen LogP contribution in [-0.2, 0) is 0 Å². The highest BCUT2D eigenvalue weighted by Gasteiger charge is 2.14. The Morgan fingerprint density at radius 3 is 3.00 bits per heavy atom. The molecule has 3 rings (SSSR count). The summed E-state index contributed by atoms with van der Waals surface area (Å²) < 4.78 is 5.89. The van der Waals surface area contributed by atoms with Crippen LogP contribution in [0.4, 0.5) is 0 Å². The maximum absolute atomic E-state index is 6.13. The SMILES string of the molecule is NC1C=C(c2cc3cccc(Cl)c3o2)CCCC1. The van der Waals surface area contributed by atoms with E-state index in [1.54, 1.807) is 0 Å². The second kappa shape index (κ2) is 4.79. The quantitative estimate of drug-likeness (QED) is 0.828. The van der Waals surface area contributed by atoms with E-state index in [0.29, 0.717) is 5.02 Å². The molecule has 1 aliphatic carbocycles. The fourth-order valence-corrected chi connectivity index (χ4v) is 2.73. The van der Waals surface area contributed by atoms with Crippen molar-refractivity contribution in [2.24, 2.45) is 5.73 Å². The van der Waals surface area contributed by atoms with Crippen molar-refractivity contribution in [3.63, 3.8) is 0 Å². The van der Waals surface area contributed by atoms with E-state index in [1.165, 1.54) is 18.4 Å². The first kappa shape index (κ1) is 11.8. The molecular formula is C15H16ClNO. The van der Waals surface area contributed by atoms with E-state index < -0.39 is 0 Å². The summed E-state index contributed by atoms with van der Waals surface area (Å²) in [6, 6.07) is 8.02. The third-order valence-corrected chi connectivity index (χ3v) is 3.76. The van der Waals surface area contributed by atoms with Gasteiger partial charge in [-0.05, 0) is 37.0 Å². The van der Waals surface area contributed by atoms with Crippen LogP contribution in [0.5, 0.6) is 0 Å². The molecule has 1 aromatic heterocycles. The van der Waals surface area contributed by atoms with Gasteiger partial charge >= 0.3 is 0 Å². The maximum atomic E-state index is 6.13. The van der Waals surface area contributed by atoms with Crippen LogP contribution in [0, 0.1) is 0 Å². The van der Waals surface area contributed by atoms with Gasteiger partial charge in [-0.15, -0.1) is 0 Å². The zero-order valence-electron chi connectivity index (χ0n) is 10.2. The highest BCUT2D eigenvalue weighted by Crippen LogP contribution is 2.33. The Bertz CT molecular complexity index is 600. The molecule has 1 unspecified atom stereocenters. The van der Waals surface area contributed by atoms with E-state index in [1.807, 2.05) is 18.2 Å². The summed E-state index contributed by atoms with van der Waals surface area (Å²) in [5.74, 6) is 0.912. The molecular weight excluding hydrogens is 246 g/mol. The molecule has 18 heavy (non-hydrogen) atoms. The first-order chi connectivity index (χ1) is 8.74. The van der Waals surface area contributed by atoms with Gasteiger partial charge in [-0.3, -0.25) is 0 Å². The number of benzene rings is 1. The number of halogens is 1. The lowest BCUT2D eigenvalue weighted by Gasteiger charge is -2.03. The van der Waals surface area contributed by atoms with E-state index in [4.69, 9.17) is 21.8 Å². The summed E-state index contributed by atoms with van der Waals surface area (Å²) in [4.78, 5) is 0. The Morgan fingerprint density at radius 2 is 2.17 bits per heavy atom. The second-order valence-corrected chi connectivity index (χ2v) is 5.28. The average Bonchev–Trinajstić information content (AvgIpc) is 2.67. The number of hydrogen-bond acceptors (Lipinski definition) is 2.